The normalized spacial score (nSPS) is 13.5. The maximum absolute atomic E-state index is 13.3. The van der Waals surface area contributed by atoms with E-state index in [1.54, 1.807) is 6.07 Å². The van der Waals surface area contributed by atoms with Gasteiger partial charge in [0.1, 0.15) is 0 Å². The summed E-state index contributed by atoms with van der Waals surface area (Å²) in [6.07, 6.45) is -12.1. The molecule has 0 unspecified atom stereocenters. The van der Waals surface area contributed by atoms with E-state index in [4.69, 9.17) is 0 Å². The molecule has 0 spiro atoms. The fraction of sp³-hybridized carbons (Fsp3) is 0.400. The maximum atomic E-state index is 13.3. The van der Waals surface area contributed by atoms with Gasteiger partial charge in [0, 0.05) is 12.6 Å². The van der Waals surface area contributed by atoms with E-state index in [9.17, 15) is 39.9 Å². The summed E-state index contributed by atoms with van der Waals surface area (Å²) in [6.45, 7) is 4.17. The lowest BCUT2D eigenvalue weighted by Crippen LogP contribution is -2.54. The Morgan fingerprint density at radius 3 is 1.84 bits per heavy atom. The molecule has 0 saturated carbocycles. The van der Waals surface area contributed by atoms with E-state index < -0.39 is 39.5 Å². The Morgan fingerprint density at radius 1 is 0.935 bits per heavy atom. The summed E-state index contributed by atoms with van der Waals surface area (Å²) in [5.41, 5.74) is -6.86. The highest BCUT2D eigenvalue weighted by Gasteiger charge is 2.71. The van der Waals surface area contributed by atoms with E-state index in [0.717, 1.165) is 11.4 Å². The van der Waals surface area contributed by atoms with Gasteiger partial charge < -0.3 is 5.11 Å². The fourth-order valence-corrected chi connectivity index (χ4v) is 4.55. The molecule has 2 aromatic rings. The van der Waals surface area contributed by atoms with Crippen LogP contribution in [-0.4, -0.2) is 32.9 Å². The zero-order chi connectivity index (χ0) is 24.0. The SMILES string of the molecule is Cc1cc(C(O)(C(F)(F)F)C(F)(F)F)cc(C(C)C)c1N(C)S(=O)(=O)c1ccccc1. The zero-order valence-corrected chi connectivity index (χ0v) is 17.8. The minimum Gasteiger partial charge on any atom is -0.369 e. The number of aliphatic hydroxyl groups is 1. The zero-order valence-electron chi connectivity index (χ0n) is 17.0. The van der Waals surface area contributed by atoms with Crippen molar-refractivity contribution in [2.45, 2.75) is 49.5 Å². The van der Waals surface area contributed by atoms with Crippen molar-refractivity contribution in [1.82, 2.24) is 0 Å². The Labute approximate surface area is 176 Å². The first kappa shape index (κ1) is 25.0. The fourth-order valence-electron chi connectivity index (χ4n) is 3.24. The summed E-state index contributed by atoms with van der Waals surface area (Å²) >= 11 is 0. The number of nitrogens with zero attached hydrogens (tertiary/aromatic N) is 1. The second-order valence-corrected chi connectivity index (χ2v) is 9.35. The molecule has 0 aromatic heterocycles. The number of rotatable bonds is 5. The predicted octanol–water partition coefficient (Wildman–Crippen LogP) is 5.26. The molecule has 0 saturated heterocycles. The van der Waals surface area contributed by atoms with Gasteiger partial charge in [-0.1, -0.05) is 38.1 Å². The average molecular weight is 469 g/mol. The maximum Gasteiger partial charge on any atom is 0.430 e. The molecule has 2 aromatic carbocycles. The Balaban J connectivity index is 2.80. The molecular weight excluding hydrogens is 448 g/mol. The van der Waals surface area contributed by atoms with Crippen LogP contribution in [0.3, 0.4) is 0 Å². The van der Waals surface area contributed by atoms with Crippen molar-refractivity contribution in [2.24, 2.45) is 0 Å². The van der Waals surface area contributed by atoms with Crippen LogP contribution in [0.2, 0.25) is 0 Å². The van der Waals surface area contributed by atoms with Crippen LogP contribution in [0.4, 0.5) is 32.0 Å². The van der Waals surface area contributed by atoms with Crippen molar-refractivity contribution in [1.29, 1.82) is 0 Å². The van der Waals surface area contributed by atoms with Gasteiger partial charge in [0.15, 0.2) is 0 Å². The molecule has 4 nitrogen and oxygen atoms in total. The predicted molar refractivity (Wildman–Crippen MR) is 103 cm³/mol. The van der Waals surface area contributed by atoms with Gasteiger partial charge in [0.25, 0.3) is 15.6 Å². The van der Waals surface area contributed by atoms with E-state index in [1.807, 2.05) is 0 Å². The molecule has 0 amide bonds. The monoisotopic (exact) mass is 469 g/mol. The van der Waals surface area contributed by atoms with E-state index in [1.165, 1.54) is 45.0 Å². The molecule has 0 aliphatic carbocycles. The minimum atomic E-state index is -6.05. The second-order valence-electron chi connectivity index (χ2n) is 7.38. The highest BCUT2D eigenvalue weighted by Crippen LogP contribution is 2.51. The topological polar surface area (TPSA) is 57.6 Å². The van der Waals surface area contributed by atoms with Gasteiger partial charge in [-0.25, -0.2) is 8.42 Å². The number of anilines is 1. The molecule has 0 aliphatic rings. The minimum absolute atomic E-state index is 0.0608. The van der Waals surface area contributed by atoms with Gasteiger partial charge in [-0.05, 0) is 42.2 Å². The Kier molecular flexibility index (Phi) is 6.46. The largest absolute Gasteiger partial charge is 0.430 e. The lowest BCUT2D eigenvalue weighted by Gasteiger charge is -2.34. The van der Waals surface area contributed by atoms with Crippen LogP contribution in [0.25, 0.3) is 0 Å². The van der Waals surface area contributed by atoms with Crippen LogP contribution < -0.4 is 4.31 Å². The van der Waals surface area contributed by atoms with Crippen molar-refractivity contribution in [2.75, 3.05) is 11.4 Å². The van der Waals surface area contributed by atoms with Crippen LogP contribution in [0.1, 0.15) is 36.5 Å². The molecule has 1 N–H and O–H groups in total. The molecular formula is C20H21F6NO3S. The van der Waals surface area contributed by atoms with Gasteiger partial charge in [0.2, 0.25) is 0 Å². The number of alkyl halides is 6. The lowest BCUT2D eigenvalue weighted by molar-refractivity contribution is -0.376. The number of halogens is 6. The molecule has 0 fully saturated rings. The first-order valence-electron chi connectivity index (χ1n) is 9.01. The highest BCUT2D eigenvalue weighted by molar-refractivity contribution is 7.92. The van der Waals surface area contributed by atoms with Crippen LogP contribution in [0.15, 0.2) is 47.4 Å². The number of aryl methyl sites for hydroxylation is 1. The molecule has 0 atom stereocenters. The van der Waals surface area contributed by atoms with Crippen LogP contribution >= 0.6 is 0 Å². The Bertz CT molecular complexity index is 1030. The van der Waals surface area contributed by atoms with Crippen LogP contribution in [-0.2, 0) is 15.6 Å². The smallest absolute Gasteiger partial charge is 0.369 e. The highest BCUT2D eigenvalue weighted by atomic mass is 32.2. The molecule has 31 heavy (non-hydrogen) atoms. The van der Waals surface area contributed by atoms with Gasteiger partial charge in [-0.15, -0.1) is 0 Å². The number of hydrogen-bond donors (Lipinski definition) is 1. The quantitative estimate of drug-likeness (QED) is 0.609. The summed E-state index contributed by atoms with van der Waals surface area (Å²) in [5, 5.41) is 9.77. The first-order valence-corrected chi connectivity index (χ1v) is 10.4. The molecule has 0 radical (unpaired) electrons. The van der Waals surface area contributed by atoms with E-state index in [2.05, 4.69) is 0 Å². The molecule has 0 aliphatic heterocycles. The summed E-state index contributed by atoms with van der Waals surface area (Å²) < 4.78 is 107. The van der Waals surface area contributed by atoms with Crippen LogP contribution in [0.5, 0.6) is 0 Å². The van der Waals surface area contributed by atoms with Gasteiger partial charge in [-0.2, -0.15) is 26.3 Å². The van der Waals surface area contributed by atoms with Crippen molar-refractivity contribution >= 4 is 15.7 Å². The van der Waals surface area contributed by atoms with Gasteiger partial charge >= 0.3 is 12.4 Å². The molecule has 0 heterocycles. The van der Waals surface area contributed by atoms with Gasteiger partial charge in [0.05, 0.1) is 10.6 Å². The number of sulfonamides is 1. The molecule has 172 valence electrons. The Morgan fingerprint density at radius 2 is 1.42 bits per heavy atom. The van der Waals surface area contributed by atoms with Gasteiger partial charge in [-0.3, -0.25) is 4.31 Å². The third-order valence-electron chi connectivity index (χ3n) is 4.91. The average Bonchev–Trinajstić information content (AvgIpc) is 2.64. The van der Waals surface area contributed by atoms with Crippen molar-refractivity contribution in [3.63, 3.8) is 0 Å². The summed E-state index contributed by atoms with van der Waals surface area (Å²) in [4.78, 5) is -0.0993. The second kappa shape index (κ2) is 8.01. The van der Waals surface area contributed by atoms with E-state index >= 15 is 0 Å². The standard InChI is InChI=1S/C20H21F6NO3S/c1-12(2)16-11-14(18(28,19(21,22)23)20(24,25)26)10-13(3)17(16)27(4)31(29,30)15-8-6-5-7-9-15/h5-12,28H,1-4H3. The van der Waals surface area contributed by atoms with Crippen molar-refractivity contribution < 1.29 is 39.9 Å². The van der Waals surface area contributed by atoms with Crippen molar-refractivity contribution in [3.8, 4) is 0 Å². The third kappa shape index (κ3) is 4.25. The lowest BCUT2D eigenvalue weighted by atomic mass is 9.86. The van der Waals surface area contributed by atoms with E-state index in [-0.39, 0.29) is 21.7 Å². The molecule has 2 rings (SSSR count). The third-order valence-corrected chi connectivity index (χ3v) is 6.68. The molecule has 0 bridgehead atoms. The Hall–Kier alpha value is -2.27. The van der Waals surface area contributed by atoms with Crippen molar-refractivity contribution in [3.05, 3.63) is 59.2 Å². The van der Waals surface area contributed by atoms with Crippen LogP contribution in [0, 0.1) is 6.92 Å². The summed E-state index contributed by atoms with van der Waals surface area (Å²) in [6, 6.07) is 8.25. The van der Waals surface area contributed by atoms with E-state index in [0.29, 0.717) is 12.1 Å². The summed E-state index contributed by atoms with van der Waals surface area (Å²) in [5.74, 6) is -0.659. The summed E-state index contributed by atoms with van der Waals surface area (Å²) in [7, 11) is -2.99. The first-order chi connectivity index (χ1) is 14.0. The number of benzene rings is 2. The molecule has 11 heteroatoms. The number of hydrogen-bond acceptors (Lipinski definition) is 3.